The van der Waals surface area contributed by atoms with Crippen LogP contribution in [0.5, 0.6) is 0 Å². The summed E-state index contributed by atoms with van der Waals surface area (Å²) in [5.74, 6) is -0.261. The van der Waals surface area contributed by atoms with E-state index in [1.165, 1.54) is 12.1 Å². The molecular formula is C18H23FN4O. The van der Waals surface area contributed by atoms with Crippen molar-refractivity contribution in [2.24, 2.45) is 5.92 Å². The lowest BCUT2D eigenvalue weighted by Crippen LogP contribution is -2.51. The van der Waals surface area contributed by atoms with Gasteiger partial charge in [0.15, 0.2) is 0 Å². The zero-order chi connectivity index (χ0) is 16.9. The molecule has 128 valence electrons. The first-order chi connectivity index (χ1) is 11.7. The molecule has 2 saturated heterocycles. The zero-order valence-corrected chi connectivity index (χ0v) is 13.7. The Morgan fingerprint density at radius 1 is 1.17 bits per heavy atom. The summed E-state index contributed by atoms with van der Waals surface area (Å²) in [5.41, 5.74) is 1.02. The van der Waals surface area contributed by atoms with Gasteiger partial charge >= 0.3 is 6.03 Å². The van der Waals surface area contributed by atoms with E-state index in [1.807, 2.05) is 0 Å². The second-order valence-electron chi connectivity index (χ2n) is 6.60. The average Bonchev–Trinajstić information content (AvgIpc) is 2.63. The highest BCUT2D eigenvalue weighted by Crippen LogP contribution is 2.21. The molecule has 2 aliphatic rings. The third kappa shape index (κ3) is 3.97. The molecule has 1 aromatic carbocycles. The van der Waals surface area contributed by atoms with Gasteiger partial charge in [-0.1, -0.05) is 0 Å². The third-order valence-corrected chi connectivity index (χ3v) is 4.91. The van der Waals surface area contributed by atoms with Crippen LogP contribution in [-0.2, 0) is 0 Å². The number of halogens is 1. The van der Waals surface area contributed by atoms with E-state index in [-0.39, 0.29) is 23.8 Å². The molecule has 5 nitrogen and oxygen atoms in total. The number of amides is 2. The number of hydrogen-bond acceptors (Lipinski definition) is 3. The summed E-state index contributed by atoms with van der Waals surface area (Å²) in [6.07, 6.45) is 3.53. The Balaban J connectivity index is 1.47. The zero-order valence-electron chi connectivity index (χ0n) is 13.7. The van der Waals surface area contributed by atoms with Crippen molar-refractivity contribution in [3.8, 4) is 6.07 Å². The maximum Gasteiger partial charge on any atom is 0.317 e. The summed E-state index contributed by atoms with van der Waals surface area (Å²) in [5, 5.41) is 12.1. The van der Waals surface area contributed by atoms with Crippen LogP contribution >= 0.6 is 0 Å². The monoisotopic (exact) mass is 330 g/mol. The highest BCUT2D eigenvalue weighted by molar-refractivity contribution is 5.74. The standard InChI is InChI=1S/C18H23FN4O/c19-15-3-5-17(6-4-15)22-10-7-16(8-11-22)21-18(24)23-9-1-2-14(12-20)13-23/h3-6,14,16H,1-2,7-11,13H2,(H,21,24)/t14-/m1/s1. The molecule has 0 spiro atoms. The Morgan fingerprint density at radius 3 is 2.54 bits per heavy atom. The number of piperidine rings is 2. The van der Waals surface area contributed by atoms with Crippen LogP contribution < -0.4 is 10.2 Å². The Kier molecular flexibility index (Phi) is 5.19. The third-order valence-electron chi connectivity index (χ3n) is 4.91. The summed E-state index contributed by atoms with van der Waals surface area (Å²) in [6.45, 7) is 2.96. The van der Waals surface area contributed by atoms with Crippen molar-refractivity contribution in [2.45, 2.75) is 31.7 Å². The first-order valence-electron chi connectivity index (χ1n) is 8.61. The van der Waals surface area contributed by atoms with E-state index in [2.05, 4.69) is 16.3 Å². The smallest absolute Gasteiger partial charge is 0.317 e. The highest BCUT2D eigenvalue weighted by atomic mass is 19.1. The number of anilines is 1. The van der Waals surface area contributed by atoms with Crippen molar-refractivity contribution in [1.82, 2.24) is 10.2 Å². The maximum absolute atomic E-state index is 13.0. The van der Waals surface area contributed by atoms with Crippen molar-refractivity contribution in [2.75, 3.05) is 31.1 Å². The van der Waals surface area contributed by atoms with Crippen LogP contribution in [0.3, 0.4) is 0 Å². The van der Waals surface area contributed by atoms with E-state index < -0.39 is 0 Å². The van der Waals surface area contributed by atoms with Gasteiger partial charge in [-0.15, -0.1) is 0 Å². The Hall–Kier alpha value is -2.29. The predicted octanol–water partition coefficient (Wildman–Crippen LogP) is 2.74. The lowest BCUT2D eigenvalue weighted by Gasteiger charge is -2.36. The minimum atomic E-state index is -0.224. The second-order valence-corrected chi connectivity index (χ2v) is 6.60. The van der Waals surface area contributed by atoms with Crippen LogP contribution in [0, 0.1) is 23.1 Å². The van der Waals surface area contributed by atoms with Crippen LogP contribution in [-0.4, -0.2) is 43.2 Å². The molecule has 0 radical (unpaired) electrons. The number of hydrogen-bond donors (Lipinski definition) is 1. The molecule has 1 N–H and O–H groups in total. The fraction of sp³-hybridized carbons (Fsp3) is 0.556. The van der Waals surface area contributed by atoms with Gasteiger partial charge in [-0.3, -0.25) is 0 Å². The van der Waals surface area contributed by atoms with Gasteiger partial charge in [-0.2, -0.15) is 5.26 Å². The van der Waals surface area contributed by atoms with Crippen molar-refractivity contribution in [1.29, 1.82) is 5.26 Å². The summed E-state index contributed by atoms with van der Waals surface area (Å²) in [4.78, 5) is 16.4. The lowest BCUT2D eigenvalue weighted by atomic mass is 10.00. The molecule has 0 bridgehead atoms. The maximum atomic E-state index is 13.0. The first kappa shape index (κ1) is 16.6. The molecule has 3 rings (SSSR count). The number of likely N-dealkylation sites (tertiary alicyclic amines) is 1. The van der Waals surface area contributed by atoms with Crippen molar-refractivity contribution < 1.29 is 9.18 Å². The Bertz CT molecular complexity index is 604. The summed E-state index contributed by atoms with van der Waals surface area (Å²) in [7, 11) is 0. The summed E-state index contributed by atoms with van der Waals surface area (Å²) >= 11 is 0. The molecule has 2 aliphatic heterocycles. The van der Waals surface area contributed by atoms with E-state index >= 15 is 0 Å². The van der Waals surface area contributed by atoms with Gasteiger partial charge in [0.2, 0.25) is 0 Å². The largest absolute Gasteiger partial charge is 0.371 e. The number of nitrogens with zero attached hydrogens (tertiary/aromatic N) is 3. The van der Waals surface area contributed by atoms with Crippen LogP contribution in [0.15, 0.2) is 24.3 Å². The normalized spacial score (nSPS) is 22.1. The Morgan fingerprint density at radius 2 is 1.88 bits per heavy atom. The van der Waals surface area contributed by atoms with Gasteiger partial charge in [-0.05, 0) is 49.9 Å². The van der Waals surface area contributed by atoms with Crippen LogP contribution in [0.4, 0.5) is 14.9 Å². The van der Waals surface area contributed by atoms with Gasteiger partial charge in [0.05, 0.1) is 12.0 Å². The van der Waals surface area contributed by atoms with E-state index in [1.54, 1.807) is 17.0 Å². The minimum absolute atomic E-state index is 0.0372. The predicted molar refractivity (Wildman–Crippen MR) is 90.1 cm³/mol. The number of urea groups is 1. The van der Waals surface area contributed by atoms with Crippen LogP contribution in [0.25, 0.3) is 0 Å². The number of carbonyl (C=O) groups is 1. The summed E-state index contributed by atoms with van der Waals surface area (Å²) < 4.78 is 13.0. The van der Waals surface area contributed by atoms with Crippen molar-refractivity contribution >= 4 is 11.7 Å². The quantitative estimate of drug-likeness (QED) is 0.907. The number of nitrogens with one attached hydrogen (secondary N) is 1. The molecule has 1 atom stereocenters. The van der Waals surface area contributed by atoms with Gasteiger partial charge in [-0.25, -0.2) is 9.18 Å². The molecular weight excluding hydrogens is 307 g/mol. The topological polar surface area (TPSA) is 59.4 Å². The molecule has 2 fully saturated rings. The van der Waals surface area contributed by atoms with Crippen molar-refractivity contribution in [3.05, 3.63) is 30.1 Å². The second kappa shape index (κ2) is 7.52. The van der Waals surface area contributed by atoms with E-state index in [9.17, 15) is 9.18 Å². The van der Waals surface area contributed by atoms with Crippen LogP contribution in [0.1, 0.15) is 25.7 Å². The fourth-order valence-corrected chi connectivity index (χ4v) is 3.47. The lowest BCUT2D eigenvalue weighted by molar-refractivity contribution is 0.171. The average molecular weight is 330 g/mol. The Labute approximate surface area is 142 Å². The molecule has 0 aromatic heterocycles. The highest BCUT2D eigenvalue weighted by Gasteiger charge is 2.26. The number of benzene rings is 1. The fourth-order valence-electron chi connectivity index (χ4n) is 3.47. The van der Waals surface area contributed by atoms with E-state index in [4.69, 9.17) is 5.26 Å². The SMILES string of the molecule is N#C[C@H]1CCCN(C(=O)NC2CCN(c3ccc(F)cc3)CC2)C1. The number of nitriles is 1. The van der Waals surface area contributed by atoms with Gasteiger partial charge < -0.3 is 15.1 Å². The number of carbonyl (C=O) groups excluding carboxylic acids is 1. The molecule has 6 heteroatoms. The van der Waals surface area contributed by atoms with Crippen LogP contribution in [0.2, 0.25) is 0 Å². The molecule has 2 amide bonds. The molecule has 0 aliphatic carbocycles. The number of rotatable bonds is 2. The van der Waals surface area contributed by atoms with Gasteiger partial charge in [0.25, 0.3) is 0 Å². The van der Waals surface area contributed by atoms with Gasteiger partial charge in [0, 0.05) is 37.9 Å². The van der Waals surface area contributed by atoms with Gasteiger partial charge in [0.1, 0.15) is 5.82 Å². The molecule has 0 unspecified atom stereocenters. The molecule has 0 saturated carbocycles. The van der Waals surface area contributed by atoms with E-state index in [0.29, 0.717) is 6.54 Å². The summed E-state index contributed by atoms with van der Waals surface area (Å²) in [6, 6.07) is 8.93. The first-order valence-corrected chi connectivity index (χ1v) is 8.61. The minimum Gasteiger partial charge on any atom is -0.371 e. The molecule has 24 heavy (non-hydrogen) atoms. The molecule has 1 aromatic rings. The van der Waals surface area contributed by atoms with Crippen molar-refractivity contribution in [3.63, 3.8) is 0 Å². The van der Waals surface area contributed by atoms with E-state index in [0.717, 1.165) is 51.0 Å². The molecule has 2 heterocycles.